The SMILES string of the molecule is C[C@H]1CCc2sc(C(=O)N3CCN([C@@H]4CCS(=O)(=O)C4)CC3)cc2C1. The molecule has 5 nitrogen and oxygen atoms in total. The van der Waals surface area contributed by atoms with Gasteiger partial charge >= 0.3 is 0 Å². The number of hydrogen-bond acceptors (Lipinski definition) is 5. The number of fused-ring (bicyclic) bond motifs is 1. The average molecular weight is 383 g/mol. The monoisotopic (exact) mass is 382 g/mol. The molecule has 0 bridgehead atoms. The second-order valence-corrected chi connectivity index (χ2v) is 11.2. The highest BCUT2D eigenvalue weighted by Crippen LogP contribution is 2.33. The fourth-order valence-electron chi connectivity index (χ4n) is 4.32. The predicted octanol–water partition coefficient (Wildman–Crippen LogP) is 1.82. The van der Waals surface area contributed by atoms with E-state index in [0.717, 1.165) is 43.1 Å². The van der Waals surface area contributed by atoms with Gasteiger partial charge in [-0.3, -0.25) is 9.69 Å². The molecule has 0 radical (unpaired) electrons. The highest BCUT2D eigenvalue weighted by molar-refractivity contribution is 7.91. The Kier molecular flexibility index (Phi) is 4.67. The van der Waals surface area contributed by atoms with Gasteiger partial charge in [0.2, 0.25) is 0 Å². The van der Waals surface area contributed by atoms with Crippen LogP contribution in [0, 0.1) is 5.92 Å². The lowest BCUT2D eigenvalue weighted by molar-refractivity contribution is 0.0592. The van der Waals surface area contributed by atoms with E-state index < -0.39 is 9.84 Å². The second kappa shape index (κ2) is 6.67. The molecule has 2 atom stereocenters. The molecule has 3 aliphatic rings. The molecule has 7 heteroatoms. The van der Waals surface area contributed by atoms with Crippen molar-refractivity contribution in [3.8, 4) is 0 Å². The van der Waals surface area contributed by atoms with Gasteiger partial charge in [-0.05, 0) is 43.2 Å². The van der Waals surface area contributed by atoms with E-state index in [9.17, 15) is 13.2 Å². The summed E-state index contributed by atoms with van der Waals surface area (Å²) in [5.74, 6) is 1.48. The number of aryl methyl sites for hydroxylation is 1. The van der Waals surface area contributed by atoms with Crippen LogP contribution in [-0.4, -0.2) is 67.9 Å². The van der Waals surface area contributed by atoms with E-state index in [4.69, 9.17) is 0 Å². The van der Waals surface area contributed by atoms with E-state index in [1.165, 1.54) is 16.9 Å². The van der Waals surface area contributed by atoms with Crippen LogP contribution in [0.5, 0.6) is 0 Å². The molecular formula is C18H26N2O3S2. The molecule has 1 aromatic heterocycles. The van der Waals surface area contributed by atoms with Crippen molar-refractivity contribution in [3.63, 3.8) is 0 Å². The van der Waals surface area contributed by atoms with Crippen molar-refractivity contribution >= 4 is 27.1 Å². The lowest BCUT2D eigenvalue weighted by atomic mass is 9.90. The van der Waals surface area contributed by atoms with E-state index in [2.05, 4.69) is 17.9 Å². The van der Waals surface area contributed by atoms with E-state index in [1.807, 2.05) is 4.90 Å². The zero-order valence-electron chi connectivity index (χ0n) is 14.7. The Morgan fingerprint density at radius 2 is 1.96 bits per heavy atom. The van der Waals surface area contributed by atoms with Gasteiger partial charge in [0.1, 0.15) is 0 Å². The van der Waals surface area contributed by atoms with Gasteiger partial charge in [-0.15, -0.1) is 11.3 Å². The van der Waals surface area contributed by atoms with Gasteiger partial charge in [-0.1, -0.05) is 6.92 Å². The molecule has 2 fully saturated rings. The van der Waals surface area contributed by atoms with Crippen molar-refractivity contribution in [3.05, 3.63) is 21.4 Å². The number of nitrogens with zero attached hydrogens (tertiary/aromatic N) is 2. The Labute approximate surface area is 153 Å². The number of carbonyl (C=O) groups is 1. The molecule has 0 unspecified atom stereocenters. The first kappa shape index (κ1) is 17.5. The topological polar surface area (TPSA) is 57.7 Å². The van der Waals surface area contributed by atoms with Crippen LogP contribution in [0.3, 0.4) is 0 Å². The Hall–Kier alpha value is -0.920. The number of rotatable bonds is 2. The zero-order valence-corrected chi connectivity index (χ0v) is 16.4. The van der Waals surface area contributed by atoms with E-state index in [0.29, 0.717) is 18.8 Å². The number of thiophene rings is 1. The first-order valence-electron chi connectivity index (χ1n) is 9.26. The van der Waals surface area contributed by atoms with E-state index in [1.54, 1.807) is 11.3 Å². The number of piperazine rings is 1. The Morgan fingerprint density at radius 1 is 1.20 bits per heavy atom. The van der Waals surface area contributed by atoms with Crippen LogP contribution in [0.4, 0.5) is 0 Å². The number of carbonyl (C=O) groups excluding carboxylic acids is 1. The quantitative estimate of drug-likeness (QED) is 0.783. The first-order chi connectivity index (χ1) is 11.9. The molecule has 0 aromatic carbocycles. The summed E-state index contributed by atoms with van der Waals surface area (Å²) in [6.45, 7) is 5.26. The Balaban J connectivity index is 1.37. The maximum Gasteiger partial charge on any atom is 0.264 e. The third-order valence-corrected chi connectivity index (χ3v) is 8.84. The van der Waals surface area contributed by atoms with Crippen LogP contribution in [0.15, 0.2) is 6.07 Å². The minimum atomic E-state index is -2.84. The normalized spacial score (nSPS) is 29.6. The van der Waals surface area contributed by atoms with Gasteiger partial charge in [0.15, 0.2) is 9.84 Å². The van der Waals surface area contributed by atoms with Crippen LogP contribution in [0.2, 0.25) is 0 Å². The standard InChI is InChI=1S/C18H26N2O3S2/c1-13-2-3-16-14(10-13)11-17(24-16)18(21)20-7-5-19(6-8-20)15-4-9-25(22,23)12-15/h11,13,15H,2-10,12H2,1H3/t13-,15+/m0/s1. The van der Waals surface area contributed by atoms with Gasteiger partial charge < -0.3 is 4.90 Å². The Morgan fingerprint density at radius 3 is 2.64 bits per heavy atom. The maximum absolute atomic E-state index is 12.9. The molecule has 138 valence electrons. The molecule has 3 heterocycles. The summed E-state index contributed by atoms with van der Waals surface area (Å²) in [7, 11) is -2.84. The van der Waals surface area contributed by atoms with Crippen molar-refractivity contribution in [2.24, 2.45) is 5.92 Å². The van der Waals surface area contributed by atoms with Crippen LogP contribution >= 0.6 is 11.3 Å². The van der Waals surface area contributed by atoms with Crippen molar-refractivity contribution in [2.45, 2.75) is 38.6 Å². The number of sulfone groups is 1. The molecule has 1 aliphatic carbocycles. The molecule has 25 heavy (non-hydrogen) atoms. The van der Waals surface area contributed by atoms with Crippen molar-refractivity contribution in [2.75, 3.05) is 37.7 Å². The molecule has 2 saturated heterocycles. The predicted molar refractivity (Wildman–Crippen MR) is 100 cm³/mol. The van der Waals surface area contributed by atoms with E-state index >= 15 is 0 Å². The van der Waals surface area contributed by atoms with Gasteiger partial charge in [0.05, 0.1) is 16.4 Å². The smallest absolute Gasteiger partial charge is 0.264 e. The third-order valence-electron chi connectivity index (χ3n) is 5.87. The number of hydrogen-bond donors (Lipinski definition) is 0. The molecule has 0 N–H and O–H groups in total. The summed E-state index contributed by atoms with van der Waals surface area (Å²) >= 11 is 1.68. The highest BCUT2D eigenvalue weighted by atomic mass is 32.2. The molecule has 1 amide bonds. The molecule has 0 saturated carbocycles. The minimum absolute atomic E-state index is 0.151. The first-order valence-corrected chi connectivity index (χ1v) is 11.9. The van der Waals surface area contributed by atoms with Crippen molar-refractivity contribution in [1.29, 1.82) is 0 Å². The summed E-state index contributed by atoms with van der Waals surface area (Å²) in [4.78, 5) is 19.3. The molecule has 1 aromatic rings. The highest BCUT2D eigenvalue weighted by Gasteiger charge is 2.34. The second-order valence-electron chi connectivity index (χ2n) is 7.79. The number of amides is 1. The van der Waals surface area contributed by atoms with Gasteiger partial charge in [-0.25, -0.2) is 8.42 Å². The lowest BCUT2D eigenvalue weighted by Crippen LogP contribution is -2.52. The van der Waals surface area contributed by atoms with Crippen LogP contribution in [0.1, 0.15) is 39.9 Å². The third kappa shape index (κ3) is 3.64. The summed E-state index contributed by atoms with van der Waals surface area (Å²) in [5, 5.41) is 0. The molecule has 0 spiro atoms. The largest absolute Gasteiger partial charge is 0.335 e. The molecular weight excluding hydrogens is 356 g/mol. The fourth-order valence-corrected chi connectivity index (χ4v) is 7.26. The van der Waals surface area contributed by atoms with E-state index in [-0.39, 0.29) is 17.7 Å². The summed E-state index contributed by atoms with van der Waals surface area (Å²) in [6, 6.07) is 2.27. The van der Waals surface area contributed by atoms with Gasteiger partial charge in [0.25, 0.3) is 5.91 Å². The van der Waals surface area contributed by atoms with Crippen molar-refractivity contribution in [1.82, 2.24) is 9.80 Å². The summed E-state index contributed by atoms with van der Waals surface area (Å²) in [5.41, 5.74) is 1.38. The zero-order chi connectivity index (χ0) is 17.6. The molecule has 2 aliphatic heterocycles. The van der Waals surface area contributed by atoms with Gasteiger partial charge in [-0.2, -0.15) is 0 Å². The Bertz CT molecular complexity index is 763. The fraction of sp³-hybridized carbons (Fsp3) is 0.722. The van der Waals surface area contributed by atoms with Crippen LogP contribution in [-0.2, 0) is 22.7 Å². The van der Waals surface area contributed by atoms with Crippen LogP contribution in [0.25, 0.3) is 0 Å². The lowest BCUT2D eigenvalue weighted by Gasteiger charge is -2.37. The summed E-state index contributed by atoms with van der Waals surface area (Å²) < 4.78 is 23.3. The average Bonchev–Trinajstić information content (AvgIpc) is 3.17. The van der Waals surface area contributed by atoms with Gasteiger partial charge in [0, 0.05) is 37.1 Å². The van der Waals surface area contributed by atoms with Crippen molar-refractivity contribution < 1.29 is 13.2 Å². The minimum Gasteiger partial charge on any atom is -0.335 e. The molecule has 4 rings (SSSR count). The summed E-state index contributed by atoms with van der Waals surface area (Å²) in [6.07, 6.45) is 4.18. The maximum atomic E-state index is 12.9. The van der Waals surface area contributed by atoms with Crippen LogP contribution < -0.4 is 0 Å².